The van der Waals surface area contributed by atoms with Gasteiger partial charge in [0.1, 0.15) is 11.4 Å². The second kappa shape index (κ2) is 14.9. The average Bonchev–Trinajstić information content (AvgIpc) is 3.56. The number of β-amino-alcohol motifs (C(OH)–C–C–N with tert-alkyl or cyclic N) is 1. The Bertz CT molecular complexity index is 1690. The molecular formula is C37H48F3N5O5S. The molecule has 10 nitrogen and oxygen atoms in total. The molecule has 1 aliphatic carbocycles. The smallest absolute Gasteiger partial charge is 0.318 e. The summed E-state index contributed by atoms with van der Waals surface area (Å²) in [6.07, 6.45) is 4.48. The highest BCUT2D eigenvalue weighted by Crippen LogP contribution is 2.44. The SMILES string of the molecule is C=CCN(C(=O)NCc1ccc(S(=O)(=O)NC)cc1)C1CC2CCC(C1)N2C[C@H]1CN(C(=O)C2CCC(F)(F)CC2)C[C@]1(O)c1cccc(F)c1. The van der Waals surface area contributed by atoms with Gasteiger partial charge < -0.3 is 20.2 Å². The molecule has 4 aliphatic rings. The highest BCUT2D eigenvalue weighted by molar-refractivity contribution is 7.89. The number of aliphatic hydroxyl groups is 1. The van der Waals surface area contributed by atoms with Gasteiger partial charge in [0.15, 0.2) is 0 Å². The van der Waals surface area contributed by atoms with Gasteiger partial charge in [-0.25, -0.2) is 31.1 Å². The number of sulfonamides is 1. The number of alkyl halides is 2. The molecule has 0 aromatic heterocycles. The molecule has 278 valence electrons. The molecule has 0 spiro atoms. The summed E-state index contributed by atoms with van der Waals surface area (Å²) in [5.41, 5.74) is -0.368. The number of nitrogens with one attached hydrogen (secondary N) is 2. The molecule has 4 atom stereocenters. The maximum atomic E-state index is 14.5. The maximum Gasteiger partial charge on any atom is 0.318 e. The van der Waals surface area contributed by atoms with Crippen LogP contribution in [-0.4, -0.2) is 97.4 Å². The lowest BCUT2D eigenvalue weighted by Crippen LogP contribution is -2.55. The molecule has 0 radical (unpaired) electrons. The number of rotatable bonds is 11. The van der Waals surface area contributed by atoms with Gasteiger partial charge in [0.05, 0.1) is 11.4 Å². The van der Waals surface area contributed by atoms with E-state index < -0.39 is 39.2 Å². The third-order valence-electron chi connectivity index (χ3n) is 11.5. The van der Waals surface area contributed by atoms with Gasteiger partial charge in [-0.05, 0) is 81.0 Å². The number of benzene rings is 2. The molecule has 2 bridgehead atoms. The van der Waals surface area contributed by atoms with Gasteiger partial charge in [-0.1, -0.05) is 30.3 Å². The summed E-state index contributed by atoms with van der Waals surface area (Å²) in [5.74, 6) is -4.43. The van der Waals surface area contributed by atoms with E-state index in [1.54, 1.807) is 40.1 Å². The first kappa shape index (κ1) is 37.3. The fourth-order valence-electron chi connectivity index (χ4n) is 8.68. The van der Waals surface area contributed by atoms with Crippen LogP contribution in [0.1, 0.15) is 62.5 Å². The van der Waals surface area contributed by atoms with Crippen molar-refractivity contribution in [2.24, 2.45) is 11.8 Å². The topological polar surface area (TPSA) is 122 Å². The number of hydrogen-bond donors (Lipinski definition) is 3. The Morgan fingerprint density at radius 1 is 1.06 bits per heavy atom. The first-order chi connectivity index (χ1) is 24.2. The molecule has 3 amide bonds. The number of piperidine rings is 1. The molecule has 1 saturated carbocycles. The van der Waals surface area contributed by atoms with Crippen LogP contribution in [0.5, 0.6) is 0 Å². The van der Waals surface area contributed by atoms with Gasteiger partial charge in [-0.2, -0.15) is 0 Å². The van der Waals surface area contributed by atoms with E-state index in [2.05, 4.69) is 21.5 Å². The van der Waals surface area contributed by atoms with Gasteiger partial charge in [0.25, 0.3) is 0 Å². The third-order valence-corrected chi connectivity index (χ3v) is 12.9. The van der Waals surface area contributed by atoms with E-state index in [1.807, 2.05) is 0 Å². The van der Waals surface area contributed by atoms with Crippen LogP contribution < -0.4 is 10.0 Å². The zero-order valence-corrected chi connectivity index (χ0v) is 29.8. The van der Waals surface area contributed by atoms with E-state index in [0.717, 1.165) is 18.4 Å². The predicted octanol–water partition coefficient (Wildman–Crippen LogP) is 4.60. The van der Waals surface area contributed by atoms with Gasteiger partial charge in [0.2, 0.25) is 21.9 Å². The monoisotopic (exact) mass is 731 g/mol. The predicted molar refractivity (Wildman–Crippen MR) is 186 cm³/mol. The minimum atomic E-state index is -3.57. The van der Waals surface area contributed by atoms with E-state index in [0.29, 0.717) is 31.5 Å². The fraction of sp³-hybridized carbons (Fsp3) is 0.568. The second-order valence-electron chi connectivity index (χ2n) is 14.6. The van der Waals surface area contributed by atoms with Crippen molar-refractivity contribution in [1.82, 2.24) is 24.7 Å². The molecule has 4 fully saturated rings. The molecule has 51 heavy (non-hydrogen) atoms. The lowest BCUT2D eigenvalue weighted by atomic mass is 9.82. The highest BCUT2D eigenvalue weighted by Gasteiger charge is 2.53. The number of amides is 3. The van der Waals surface area contributed by atoms with Crippen molar-refractivity contribution in [2.45, 2.75) is 92.5 Å². The Morgan fingerprint density at radius 2 is 1.73 bits per heavy atom. The fourth-order valence-corrected chi connectivity index (χ4v) is 9.41. The molecule has 2 aromatic carbocycles. The van der Waals surface area contributed by atoms with E-state index in [1.165, 1.54) is 31.3 Å². The van der Waals surface area contributed by atoms with Crippen molar-refractivity contribution < 1.29 is 36.3 Å². The summed E-state index contributed by atoms with van der Waals surface area (Å²) in [5, 5.41) is 15.2. The van der Waals surface area contributed by atoms with E-state index in [9.17, 15) is 36.3 Å². The first-order valence-electron chi connectivity index (χ1n) is 17.8. The maximum absolute atomic E-state index is 14.5. The lowest BCUT2D eigenvalue weighted by molar-refractivity contribution is -0.139. The summed E-state index contributed by atoms with van der Waals surface area (Å²) in [4.78, 5) is 33.1. The Balaban J connectivity index is 1.13. The molecule has 3 aliphatic heterocycles. The van der Waals surface area contributed by atoms with Crippen LogP contribution >= 0.6 is 0 Å². The lowest BCUT2D eigenvalue weighted by Gasteiger charge is -2.45. The molecule has 3 heterocycles. The van der Waals surface area contributed by atoms with Gasteiger partial charge in [0, 0.05) is 69.0 Å². The minimum Gasteiger partial charge on any atom is -0.383 e. The number of fused-ring (bicyclic) bond motifs is 2. The molecule has 2 aromatic rings. The van der Waals surface area contributed by atoms with Crippen LogP contribution in [0.25, 0.3) is 0 Å². The quantitative estimate of drug-likeness (QED) is 0.291. The Kier molecular flexibility index (Phi) is 10.9. The standard InChI is InChI=1S/C37H48F3N5O5S/c1-3-17-44(35(47)42-21-25-7-11-33(12-8-25)51(49,50)41-2)32-19-30-9-10-31(20-32)45(30)23-28-22-43(34(46)26-13-15-36(39,40)16-14-26)24-37(28,48)27-5-4-6-29(38)18-27/h3-8,11-12,18,26,28,30-32,41,48H,1,9-10,13-17,19-24H2,2H3,(H,42,47)/t28-,30?,31?,32?,37+/m1/s1. The number of halogens is 3. The van der Waals surface area contributed by atoms with E-state index in [-0.39, 0.29) is 80.3 Å². The molecule has 3 saturated heterocycles. The summed E-state index contributed by atoms with van der Waals surface area (Å²) in [6, 6.07) is 12.1. The van der Waals surface area contributed by atoms with Crippen LogP contribution in [0.15, 0.2) is 66.1 Å². The molecule has 6 rings (SSSR count). The number of likely N-dealkylation sites (tertiary alicyclic amines) is 1. The molecule has 14 heteroatoms. The molecular weight excluding hydrogens is 683 g/mol. The zero-order valence-electron chi connectivity index (χ0n) is 28.9. The van der Waals surface area contributed by atoms with Crippen LogP contribution in [0.3, 0.4) is 0 Å². The van der Waals surface area contributed by atoms with Crippen LogP contribution in [0, 0.1) is 17.7 Å². The number of urea groups is 1. The van der Waals surface area contributed by atoms with E-state index >= 15 is 0 Å². The normalized spacial score (nSPS) is 28.1. The molecule has 3 N–H and O–H groups in total. The van der Waals surface area contributed by atoms with Gasteiger partial charge in [-0.3, -0.25) is 9.69 Å². The van der Waals surface area contributed by atoms with Crippen molar-refractivity contribution >= 4 is 22.0 Å². The number of nitrogens with zero attached hydrogens (tertiary/aromatic N) is 3. The summed E-state index contributed by atoms with van der Waals surface area (Å²) in [6.45, 7) is 5.12. The minimum absolute atomic E-state index is 0.0278. The zero-order chi connectivity index (χ0) is 36.6. The highest BCUT2D eigenvalue weighted by atomic mass is 32.2. The Hall–Kier alpha value is -3.46. The number of hydrogen-bond acceptors (Lipinski definition) is 6. The van der Waals surface area contributed by atoms with Crippen molar-refractivity contribution in [3.8, 4) is 0 Å². The van der Waals surface area contributed by atoms with Crippen molar-refractivity contribution in [2.75, 3.05) is 33.2 Å². The summed E-state index contributed by atoms with van der Waals surface area (Å²) < 4.78 is 68.6. The van der Waals surface area contributed by atoms with Crippen LogP contribution in [-0.2, 0) is 27.0 Å². The van der Waals surface area contributed by atoms with Crippen molar-refractivity contribution in [1.29, 1.82) is 0 Å². The first-order valence-corrected chi connectivity index (χ1v) is 19.3. The van der Waals surface area contributed by atoms with Gasteiger partial charge in [-0.15, -0.1) is 6.58 Å². The third kappa shape index (κ3) is 7.98. The van der Waals surface area contributed by atoms with E-state index in [4.69, 9.17) is 0 Å². The Morgan fingerprint density at radius 3 is 2.33 bits per heavy atom. The second-order valence-corrected chi connectivity index (χ2v) is 16.5. The summed E-state index contributed by atoms with van der Waals surface area (Å²) >= 11 is 0. The average molecular weight is 732 g/mol. The van der Waals surface area contributed by atoms with Gasteiger partial charge >= 0.3 is 6.03 Å². The molecule has 2 unspecified atom stereocenters. The Labute approximate surface area is 298 Å². The van der Waals surface area contributed by atoms with Crippen LogP contribution in [0.4, 0.5) is 18.0 Å². The van der Waals surface area contributed by atoms with Crippen molar-refractivity contribution in [3.05, 3.63) is 78.1 Å². The van der Waals surface area contributed by atoms with Crippen LogP contribution in [0.2, 0.25) is 0 Å². The summed E-state index contributed by atoms with van der Waals surface area (Å²) in [7, 11) is -2.22. The van der Waals surface area contributed by atoms with Crippen molar-refractivity contribution in [3.63, 3.8) is 0 Å². The number of carbonyl (C=O) groups excluding carboxylic acids is 2. The number of carbonyl (C=O) groups is 2. The largest absolute Gasteiger partial charge is 0.383 e.